The van der Waals surface area contributed by atoms with Crippen molar-refractivity contribution >= 4 is 34.3 Å². The molecule has 7 nitrogen and oxygen atoms in total. The average molecular weight is 400 g/mol. The molecule has 1 aliphatic heterocycles. The summed E-state index contributed by atoms with van der Waals surface area (Å²) in [6, 6.07) is 7.44. The number of fused-ring (bicyclic) bond motifs is 1. The SMILES string of the molecule is Cc1c(C(=O)N2CC[C@H](N(C)Cc3nccc(N)n3)C2)oc2c(Cl)cccc12. The van der Waals surface area contributed by atoms with Gasteiger partial charge in [0, 0.05) is 36.3 Å². The van der Waals surface area contributed by atoms with E-state index in [0.29, 0.717) is 47.6 Å². The Bertz CT molecular complexity index is 1030. The molecule has 28 heavy (non-hydrogen) atoms. The molecule has 0 saturated carbocycles. The van der Waals surface area contributed by atoms with Gasteiger partial charge in [0.05, 0.1) is 11.6 Å². The highest BCUT2D eigenvalue weighted by molar-refractivity contribution is 6.35. The summed E-state index contributed by atoms with van der Waals surface area (Å²) < 4.78 is 5.84. The number of benzene rings is 1. The Kier molecular flexibility index (Phi) is 4.95. The summed E-state index contributed by atoms with van der Waals surface area (Å²) in [5, 5.41) is 1.39. The van der Waals surface area contributed by atoms with Gasteiger partial charge in [-0.3, -0.25) is 9.69 Å². The fourth-order valence-electron chi connectivity index (χ4n) is 3.69. The molecule has 1 aromatic carbocycles. The molecule has 3 aromatic rings. The first kappa shape index (κ1) is 18.7. The highest BCUT2D eigenvalue weighted by Crippen LogP contribution is 2.32. The second-order valence-electron chi connectivity index (χ2n) is 7.18. The number of para-hydroxylation sites is 1. The maximum atomic E-state index is 13.0. The predicted octanol–water partition coefficient (Wildman–Crippen LogP) is 3.11. The summed E-state index contributed by atoms with van der Waals surface area (Å²) in [6.07, 6.45) is 2.54. The molecule has 0 unspecified atom stereocenters. The monoisotopic (exact) mass is 399 g/mol. The molecule has 3 heterocycles. The molecule has 1 aliphatic rings. The summed E-state index contributed by atoms with van der Waals surface area (Å²) in [5.74, 6) is 1.40. The Labute approximate surface area is 168 Å². The molecule has 4 rings (SSSR count). The number of nitrogens with two attached hydrogens (primary N) is 1. The van der Waals surface area contributed by atoms with E-state index in [0.717, 1.165) is 17.4 Å². The minimum absolute atomic E-state index is 0.0964. The van der Waals surface area contributed by atoms with Crippen LogP contribution in [-0.2, 0) is 6.54 Å². The zero-order valence-corrected chi connectivity index (χ0v) is 16.6. The first-order chi connectivity index (χ1) is 13.4. The molecule has 1 amide bonds. The molecule has 1 atom stereocenters. The van der Waals surface area contributed by atoms with Crippen molar-refractivity contribution in [3.8, 4) is 0 Å². The maximum absolute atomic E-state index is 13.0. The summed E-state index contributed by atoms with van der Waals surface area (Å²) in [7, 11) is 2.01. The molecule has 0 radical (unpaired) electrons. The topological polar surface area (TPSA) is 88.5 Å². The van der Waals surface area contributed by atoms with Gasteiger partial charge >= 0.3 is 0 Å². The molecule has 8 heteroatoms. The second-order valence-corrected chi connectivity index (χ2v) is 7.59. The van der Waals surface area contributed by atoms with E-state index in [1.807, 2.05) is 31.0 Å². The first-order valence-electron chi connectivity index (χ1n) is 9.18. The van der Waals surface area contributed by atoms with Crippen LogP contribution in [0.3, 0.4) is 0 Å². The lowest BCUT2D eigenvalue weighted by Gasteiger charge is -2.23. The largest absolute Gasteiger partial charge is 0.449 e. The van der Waals surface area contributed by atoms with E-state index >= 15 is 0 Å². The van der Waals surface area contributed by atoms with Gasteiger partial charge in [0.1, 0.15) is 11.6 Å². The van der Waals surface area contributed by atoms with Gasteiger partial charge in [-0.1, -0.05) is 23.7 Å². The third-order valence-electron chi connectivity index (χ3n) is 5.30. The van der Waals surface area contributed by atoms with Gasteiger partial charge < -0.3 is 15.1 Å². The minimum Gasteiger partial charge on any atom is -0.449 e. The van der Waals surface area contributed by atoms with Crippen molar-refractivity contribution < 1.29 is 9.21 Å². The lowest BCUT2D eigenvalue weighted by atomic mass is 10.1. The Morgan fingerprint density at radius 3 is 3.00 bits per heavy atom. The van der Waals surface area contributed by atoms with Crippen LogP contribution < -0.4 is 5.73 Å². The quantitative estimate of drug-likeness (QED) is 0.725. The number of hydrogen-bond acceptors (Lipinski definition) is 6. The van der Waals surface area contributed by atoms with Gasteiger partial charge in [-0.15, -0.1) is 0 Å². The number of aryl methyl sites for hydroxylation is 1. The van der Waals surface area contributed by atoms with E-state index in [9.17, 15) is 4.79 Å². The van der Waals surface area contributed by atoms with E-state index < -0.39 is 0 Å². The lowest BCUT2D eigenvalue weighted by molar-refractivity contribution is 0.0749. The van der Waals surface area contributed by atoms with E-state index in [1.54, 1.807) is 18.3 Å². The van der Waals surface area contributed by atoms with Crippen LogP contribution in [0.5, 0.6) is 0 Å². The number of nitrogen functional groups attached to an aromatic ring is 1. The molecule has 1 saturated heterocycles. The molecule has 1 fully saturated rings. The summed E-state index contributed by atoms with van der Waals surface area (Å²) in [5.41, 5.74) is 7.12. The third-order valence-corrected chi connectivity index (χ3v) is 5.60. The van der Waals surface area contributed by atoms with Crippen molar-refractivity contribution in [2.24, 2.45) is 0 Å². The van der Waals surface area contributed by atoms with Gasteiger partial charge in [-0.2, -0.15) is 0 Å². The zero-order valence-electron chi connectivity index (χ0n) is 15.9. The zero-order chi connectivity index (χ0) is 19.8. The average Bonchev–Trinajstić information content (AvgIpc) is 3.28. The van der Waals surface area contributed by atoms with Crippen LogP contribution in [0.1, 0.15) is 28.4 Å². The number of amides is 1. The third kappa shape index (κ3) is 3.43. The molecule has 0 bridgehead atoms. The number of anilines is 1. The number of hydrogen-bond donors (Lipinski definition) is 1. The molecule has 2 aromatic heterocycles. The lowest BCUT2D eigenvalue weighted by Crippen LogP contribution is -2.36. The number of halogens is 1. The van der Waals surface area contributed by atoms with Gasteiger partial charge in [0.25, 0.3) is 5.91 Å². The van der Waals surface area contributed by atoms with Crippen LogP contribution in [0.15, 0.2) is 34.9 Å². The number of carbonyl (C=O) groups is 1. The van der Waals surface area contributed by atoms with Crippen molar-refractivity contribution in [1.29, 1.82) is 0 Å². The van der Waals surface area contributed by atoms with Crippen LogP contribution in [0, 0.1) is 6.92 Å². The Morgan fingerprint density at radius 1 is 1.43 bits per heavy atom. The smallest absolute Gasteiger partial charge is 0.289 e. The van der Waals surface area contributed by atoms with E-state index in [1.165, 1.54) is 0 Å². The highest BCUT2D eigenvalue weighted by Gasteiger charge is 2.32. The van der Waals surface area contributed by atoms with Gasteiger partial charge in [-0.25, -0.2) is 9.97 Å². The van der Waals surface area contributed by atoms with Crippen molar-refractivity contribution in [3.63, 3.8) is 0 Å². The van der Waals surface area contributed by atoms with Crippen molar-refractivity contribution in [1.82, 2.24) is 19.8 Å². The number of nitrogens with zero attached hydrogens (tertiary/aromatic N) is 4. The van der Waals surface area contributed by atoms with Gasteiger partial charge in [0.2, 0.25) is 0 Å². The molecule has 2 N–H and O–H groups in total. The number of likely N-dealkylation sites (tertiary alicyclic amines) is 1. The predicted molar refractivity (Wildman–Crippen MR) is 108 cm³/mol. The normalized spacial score (nSPS) is 17.0. The summed E-state index contributed by atoms with van der Waals surface area (Å²) in [4.78, 5) is 25.5. The van der Waals surface area contributed by atoms with Crippen molar-refractivity contribution in [3.05, 3.63) is 52.6 Å². The molecule has 0 aliphatic carbocycles. The molecule has 0 spiro atoms. The highest BCUT2D eigenvalue weighted by atomic mass is 35.5. The number of aromatic nitrogens is 2. The van der Waals surface area contributed by atoms with Gasteiger partial charge in [-0.05, 0) is 32.5 Å². The fraction of sp³-hybridized carbons (Fsp3) is 0.350. The number of furan rings is 1. The van der Waals surface area contributed by atoms with Crippen LogP contribution in [0.2, 0.25) is 5.02 Å². The minimum atomic E-state index is -0.0964. The molecular weight excluding hydrogens is 378 g/mol. The molecular formula is C20H22ClN5O2. The Morgan fingerprint density at radius 2 is 2.25 bits per heavy atom. The van der Waals surface area contributed by atoms with Crippen LogP contribution in [0.4, 0.5) is 5.82 Å². The van der Waals surface area contributed by atoms with Crippen LogP contribution in [0.25, 0.3) is 11.0 Å². The summed E-state index contributed by atoms with van der Waals surface area (Å²) >= 11 is 6.21. The fourth-order valence-corrected chi connectivity index (χ4v) is 3.90. The Balaban J connectivity index is 1.47. The second kappa shape index (κ2) is 7.41. The van der Waals surface area contributed by atoms with E-state index in [-0.39, 0.29) is 11.9 Å². The van der Waals surface area contributed by atoms with Gasteiger partial charge in [0.15, 0.2) is 11.3 Å². The summed E-state index contributed by atoms with van der Waals surface area (Å²) in [6.45, 7) is 3.78. The first-order valence-corrected chi connectivity index (χ1v) is 9.56. The standard InChI is InChI=1S/C20H22ClN5O2/c1-12-14-4-3-5-15(21)19(14)28-18(12)20(27)26-9-7-13(10-26)25(2)11-17-23-8-6-16(22)24-17/h3-6,8,13H,7,9-11H2,1-2H3,(H2,22,23,24)/t13-/m0/s1. The maximum Gasteiger partial charge on any atom is 0.289 e. The van der Waals surface area contributed by atoms with E-state index in [2.05, 4.69) is 14.9 Å². The number of carbonyl (C=O) groups excluding carboxylic acids is 1. The van der Waals surface area contributed by atoms with Crippen molar-refractivity contribution in [2.75, 3.05) is 25.9 Å². The van der Waals surface area contributed by atoms with Crippen LogP contribution in [-0.4, -0.2) is 51.9 Å². The van der Waals surface area contributed by atoms with E-state index in [4.69, 9.17) is 21.8 Å². The molecule has 146 valence electrons. The van der Waals surface area contributed by atoms with Crippen LogP contribution >= 0.6 is 11.6 Å². The Hall–Kier alpha value is -2.64. The number of rotatable bonds is 4. The number of likely N-dealkylation sites (N-methyl/N-ethyl adjacent to an activating group) is 1. The van der Waals surface area contributed by atoms with Crippen molar-refractivity contribution in [2.45, 2.75) is 25.9 Å².